The number of fused-ring (bicyclic) bond motifs is 4. The number of nitrogens with zero attached hydrogens (tertiary/aromatic N) is 1. The molecule has 1 heterocycles. The van der Waals surface area contributed by atoms with Gasteiger partial charge < -0.3 is 20.6 Å². The Balaban J connectivity index is 1.28. The molecule has 6 heteroatoms. The number of rotatable bonds is 3. The van der Waals surface area contributed by atoms with E-state index in [4.69, 9.17) is 0 Å². The molecule has 2 aromatic rings. The Morgan fingerprint density at radius 3 is 2.56 bits per heavy atom. The quantitative estimate of drug-likeness (QED) is 0.613. The fourth-order valence-electron chi connectivity index (χ4n) is 6.64. The molecule has 180 valence electrons. The zero-order chi connectivity index (χ0) is 24.1. The molecular formula is C28H35N3O3. The number of aromatic hydroxyl groups is 1. The van der Waals surface area contributed by atoms with E-state index in [2.05, 4.69) is 42.4 Å². The first-order valence-corrected chi connectivity index (χ1v) is 12.4. The number of likely N-dealkylation sites (tertiary alicyclic amines) is 1. The Hall–Kier alpha value is -3.02. The number of benzene rings is 2. The molecule has 3 amide bonds. The van der Waals surface area contributed by atoms with Crippen LogP contribution >= 0.6 is 0 Å². The minimum atomic E-state index is -0.224. The van der Waals surface area contributed by atoms with Gasteiger partial charge in [0.2, 0.25) is 5.91 Å². The highest BCUT2D eigenvalue weighted by molar-refractivity contribution is 5.89. The van der Waals surface area contributed by atoms with E-state index in [-0.39, 0.29) is 40.8 Å². The molecule has 1 aliphatic heterocycles. The second-order valence-corrected chi connectivity index (χ2v) is 11.0. The fraction of sp³-hybridized carbons (Fsp3) is 0.500. The number of carbonyl (C=O) groups excluding carboxylic acids is 2. The van der Waals surface area contributed by atoms with Gasteiger partial charge in [0.15, 0.2) is 0 Å². The molecule has 0 aromatic heterocycles. The van der Waals surface area contributed by atoms with Gasteiger partial charge in [-0.2, -0.15) is 0 Å². The minimum absolute atomic E-state index is 0.00291. The molecule has 5 rings (SSSR count). The smallest absolute Gasteiger partial charge is 0.319 e. The van der Waals surface area contributed by atoms with Crippen LogP contribution in [-0.2, 0) is 16.6 Å². The predicted octanol–water partition coefficient (Wildman–Crippen LogP) is 4.82. The molecule has 6 nitrogen and oxygen atoms in total. The summed E-state index contributed by atoms with van der Waals surface area (Å²) in [4.78, 5) is 28.3. The molecule has 0 radical (unpaired) electrons. The number of urea groups is 1. The third-order valence-corrected chi connectivity index (χ3v) is 9.06. The van der Waals surface area contributed by atoms with Crippen molar-refractivity contribution in [2.45, 2.75) is 70.4 Å². The lowest BCUT2D eigenvalue weighted by molar-refractivity contribution is -0.148. The van der Waals surface area contributed by atoms with Gasteiger partial charge in [0.1, 0.15) is 5.75 Å². The fourth-order valence-corrected chi connectivity index (χ4v) is 6.64. The average molecular weight is 462 g/mol. The van der Waals surface area contributed by atoms with Crippen LogP contribution in [0.5, 0.6) is 5.75 Å². The van der Waals surface area contributed by atoms with E-state index < -0.39 is 0 Å². The molecule has 2 fully saturated rings. The summed E-state index contributed by atoms with van der Waals surface area (Å²) >= 11 is 0. The Morgan fingerprint density at radius 2 is 1.79 bits per heavy atom. The lowest BCUT2D eigenvalue weighted by atomic mass is 9.51. The van der Waals surface area contributed by atoms with Crippen molar-refractivity contribution in [1.82, 2.24) is 10.2 Å². The monoisotopic (exact) mass is 461 g/mol. The Bertz CT molecular complexity index is 1100. The lowest BCUT2D eigenvalue weighted by Gasteiger charge is -2.61. The van der Waals surface area contributed by atoms with Crippen LogP contribution in [0.4, 0.5) is 10.5 Å². The highest BCUT2D eigenvalue weighted by Crippen LogP contribution is 2.57. The van der Waals surface area contributed by atoms with Gasteiger partial charge >= 0.3 is 6.03 Å². The maximum Gasteiger partial charge on any atom is 0.319 e. The SMILES string of the molecule is CC1(C)[C@H]2Cc3c(O)cccc3[C@]1(C)CCN2C(=O)[C@@H]1CCC(NC(=O)Nc2ccccc2)C1. The zero-order valence-corrected chi connectivity index (χ0v) is 20.3. The van der Waals surface area contributed by atoms with E-state index in [9.17, 15) is 14.7 Å². The van der Waals surface area contributed by atoms with Crippen LogP contribution in [0.2, 0.25) is 0 Å². The first-order chi connectivity index (χ1) is 16.2. The van der Waals surface area contributed by atoms with E-state index >= 15 is 0 Å². The number of para-hydroxylation sites is 1. The van der Waals surface area contributed by atoms with Crippen molar-refractivity contribution in [2.75, 3.05) is 11.9 Å². The van der Waals surface area contributed by atoms with Crippen molar-refractivity contribution < 1.29 is 14.7 Å². The predicted molar refractivity (Wildman–Crippen MR) is 133 cm³/mol. The van der Waals surface area contributed by atoms with Crippen molar-refractivity contribution in [1.29, 1.82) is 0 Å². The normalized spacial score (nSPS) is 29.3. The molecule has 4 atom stereocenters. The molecule has 34 heavy (non-hydrogen) atoms. The number of piperidine rings is 1. The minimum Gasteiger partial charge on any atom is -0.508 e. The summed E-state index contributed by atoms with van der Waals surface area (Å²) in [6.07, 6.45) is 3.83. The highest BCUT2D eigenvalue weighted by Gasteiger charge is 2.57. The Kier molecular flexibility index (Phi) is 5.58. The first-order valence-electron chi connectivity index (χ1n) is 12.4. The van der Waals surface area contributed by atoms with Gasteiger partial charge in [-0.15, -0.1) is 0 Å². The molecule has 0 spiro atoms. The Labute approximate surface area is 201 Å². The van der Waals surface area contributed by atoms with Crippen molar-refractivity contribution in [3.63, 3.8) is 0 Å². The van der Waals surface area contributed by atoms with Gasteiger partial charge in [0.05, 0.1) is 0 Å². The van der Waals surface area contributed by atoms with Gasteiger partial charge in [0.25, 0.3) is 0 Å². The van der Waals surface area contributed by atoms with Crippen LogP contribution < -0.4 is 10.6 Å². The first kappa shape index (κ1) is 22.8. The maximum absolute atomic E-state index is 13.7. The molecule has 3 N–H and O–H groups in total. The lowest BCUT2D eigenvalue weighted by Crippen LogP contribution is -2.65. The summed E-state index contributed by atoms with van der Waals surface area (Å²) < 4.78 is 0. The number of anilines is 1. The second kappa shape index (κ2) is 8.33. The summed E-state index contributed by atoms with van der Waals surface area (Å²) in [5.74, 6) is 0.466. The van der Waals surface area contributed by atoms with Crippen LogP contribution in [0.15, 0.2) is 48.5 Å². The third kappa shape index (κ3) is 3.64. The van der Waals surface area contributed by atoms with Gasteiger partial charge in [-0.1, -0.05) is 51.1 Å². The van der Waals surface area contributed by atoms with Crippen LogP contribution in [0.3, 0.4) is 0 Å². The van der Waals surface area contributed by atoms with Gasteiger partial charge in [-0.05, 0) is 66.8 Å². The molecular weight excluding hydrogens is 426 g/mol. The van der Waals surface area contributed by atoms with Crippen molar-refractivity contribution in [2.24, 2.45) is 11.3 Å². The summed E-state index contributed by atoms with van der Waals surface area (Å²) in [6.45, 7) is 7.58. The van der Waals surface area contributed by atoms with E-state index in [0.717, 1.165) is 37.1 Å². The molecule has 2 aromatic carbocycles. The van der Waals surface area contributed by atoms with E-state index in [0.29, 0.717) is 18.6 Å². The van der Waals surface area contributed by atoms with Crippen molar-refractivity contribution in [3.05, 3.63) is 59.7 Å². The molecule has 1 unspecified atom stereocenters. The van der Waals surface area contributed by atoms with E-state index in [1.54, 1.807) is 6.07 Å². The summed E-state index contributed by atoms with van der Waals surface area (Å²) in [5.41, 5.74) is 2.79. The summed E-state index contributed by atoms with van der Waals surface area (Å²) in [7, 11) is 0. The van der Waals surface area contributed by atoms with Gasteiger partial charge in [0, 0.05) is 35.6 Å². The number of carbonyl (C=O) groups is 2. The number of phenolic OH excluding ortho intramolecular Hbond substituents is 1. The van der Waals surface area contributed by atoms with Crippen molar-refractivity contribution >= 4 is 17.6 Å². The maximum atomic E-state index is 13.7. The highest BCUT2D eigenvalue weighted by atomic mass is 16.3. The molecule has 2 aliphatic carbocycles. The van der Waals surface area contributed by atoms with Crippen LogP contribution in [0.1, 0.15) is 57.6 Å². The Morgan fingerprint density at radius 1 is 1.03 bits per heavy atom. The van der Waals surface area contributed by atoms with Crippen molar-refractivity contribution in [3.8, 4) is 5.75 Å². The average Bonchev–Trinajstić information content (AvgIpc) is 3.25. The number of hydrogen-bond donors (Lipinski definition) is 3. The number of hydrogen-bond acceptors (Lipinski definition) is 3. The largest absolute Gasteiger partial charge is 0.508 e. The van der Waals surface area contributed by atoms with Gasteiger partial charge in [-0.3, -0.25) is 4.79 Å². The molecule has 3 aliphatic rings. The standard InChI is InChI=1S/C28H35N3O3/c1-27(2)24-17-21-22(10-7-11-23(21)32)28(27,3)14-15-31(24)25(33)18-12-13-20(16-18)30-26(34)29-19-8-5-4-6-9-19/h4-11,18,20,24,32H,12-17H2,1-3H3,(H2,29,30,34)/t18-,20?,24-,28+/m1/s1. The van der Waals surface area contributed by atoms with Gasteiger partial charge in [-0.25, -0.2) is 4.79 Å². The number of amides is 3. The van der Waals surface area contributed by atoms with E-state index in [1.165, 1.54) is 5.56 Å². The summed E-state index contributed by atoms with van der Waals surface area (Å²) in [5, 5.41) is 16.5. The van der Waals surface area contributed by atoms with E-state index in [1.807, 2.05) is 36.4 Å². The molecule has 2 bridgehead atoms. The van der Waals surface area contributed by atoms with Crippen LogP contribution in [0.25, 0.3) is 0 Å². The topological polar surface area (TPSA) is 81.7 Å². The number of phenols is 1. The third-order valence-electron chi connectivity index (χ3n) is 9.06. The van der Waals surface area contributed by atoms with Crippen LogP contribution in [0, 0.1) is 11.3 Å². The molecule has 1 saturated heterocycles. The zero-order valence-electron chi connectivity index (χ0n) is 20.3. The molecule has 1 saturated carbocycles. The summed E-state index contributed by atoms with van der Waals surface area (Å²) in [6, 6.07) is 15.1. The number of nitrogens with one attached hydrogen (secondary N) is 2. The second-order valence-electron chi connectivity index (χ2n) is 11.0. The van der Waals surface area contributed by atoms with Crippen LogP contribution in [-0.4, -0.2) is 40.6 Å².